The molecule has 1 aliphatic carbocycles. The summed E-state index contributed by atoms with van der Waals surface area (Å²) in [4.78, 5) is 22.4. The molecule has 1 fully saturated rings. The van der Waals surface area contributed by atoms with Crippen LogP contribution in [0.2, 0.25) is 0 Å². The van der Waals surface area contributed by atoms with Crippen LogP contribution in [0.5, 0.6) is 0 Å². The van der Waals surface area contributed by atoms with Gasteiger partial charge in [0, 0.05) is 6.54 Å². The largest absolute Gasteiger partial charge is 0.462 e. The molecule has 0 radical (unpaired) electrons. The number of nitrogens with zero attached hydrogens (tertiary/aromatic N) is 2. The van der Waals surface area contributed by atoms with Crippen molar-refractivity contribution < 1.29 is 14.6 Å². The number of carbonyl (C=O) groups is 1. The van der Waals surface area contributed by atoms with Gasteiger partial charge in [-0.3, -0.25) is 0 Å². The van der Waals surface area contributed by atoms with Gasteiger partial charge in [0.1, 0.15) is 21.3 Å². The summed E-state index contributed by atoms with van der Waals surface area (Å²) in [6.45, 7) is 6.31. The maximum absolute atomic E-state index is 12.1. The average Bonchev–Trinajstić information content (AvgIpc) is 3.10. The molecule has 0 saturated heterocycles. The predicted octanol–water partition coefficient (Wildman–Crippen LogP) is 3.20. The standard InChI is InChI=1S/C17H23N3O3S/c1-4-23-16(21)13-10(2)12-14(19-11(3)20-15(12)24-13)18-9-17(22)7-5-6-8-17/h22H,4-9H2,1-3H3,(H,18,19,20). The summed E-state index contributed by atoms with van der Waals surface area (Å²) in [5.74, 6) is 0.998. The number of thiophene rings is 1. The van der Waals surface area contributed by atoms with E-state index < -0.39 is 5.60 Å². The van der Waals surface area contributed by atoms with Gasteiger partial charge in [-0.2, -0.15) is 0 Å². The quantitative estimate of drug-likeness (QED) is 0.807. The summed E-state index contributed by atoms with van der Waals surface area (Å²) in [5, 5.41) is 14.7. The first-order chi connectivity index (χ1) is 11.4. The smallest absolute Gasteiger partial charge is 0.348 e. The third-order valence-corrected chi connectivity index (χ3v) is 5.65. The number of ether oxygens (including phenoxy) is 1. The summed E-state index contributed by atoms with van der Waals surface area (Å²) in [6, 6.07) is 0. The van der Waals surface area contributed by atoms with Crippen molar-refractivity contribution in [1.82, 2.24) is 9.97 Å². The number of aliphatic hydroxyl groups is 1. The van der Waals surface area contributed by atoms with Crippen LogP contribution >= 0.6 is 11.3 Å². The van der Waals surface area contributed by atoms with E-state index in [4.69, 9.17) is 4.74 Å². The SMILES string of the molecule is CCOC(=O)c1sc2nc(C)nc(NCC3(O)CCCC3)c2c1C. The monoisotopic (exact) mass is 349 g/mol. The van der Waals surface area contributed by atoms with Crippen LogP contribution in [0, 0.1) is 13.8 Å². The van der Waals surface area contributed by atoms with E-state index in [2.05, 4.69) is 15.3 Å². The van der Waals surface area contributed by atoms with Gasteiger partial charge in [-0.25, -0.2) is 14.8 Å². The lowest BCUT2D eigenvalue weighted by molar-refractivity contribution is 0.0531. The fraction of sp³-hybridized carbons (Fsp3) is 0.588. The maximum Gasteiger partial charge on any atom is 0.348 e. The Kier molecular flexibility index (Phi) is 4.73. The Morgan fingerprint density at radius 2 is 2.04 bits per heavy atom. The van der Waals surface area contributed by atoms with Gasteiger partial charge < -0.3 is 15.2 Å². The van der Waals surface area contributed by atoms with Crippen molar-refractivity contribution in [2.75, 3.05) is 18.5 Å². The van der Waals surface area contributed by atoms with E-state index in [9.17, 15) is 9.90 Å². The molecular formula is C17H23N3O3S. The van der Waals surface area contributed by atoms with Crippen LogP contribution < -0.4 is 5.32 Å². The first kappa shape index (κ1) is 17.1. The number of aromatic nitrogens is 2. The van der Waals surface area contributed by atoms with Gasteiger partial charge in [-0.05, 0) is 39.2 Å². The van der Waals surface area contributed by atoms with Crippen molar-refractivity contribution in [3.8, 4) is 0 Å². The zero-order chi connectivity index (χ0) is 17.3. The van der Waals surface area contributed by atoms with Crippen LogP contribution in [0.4, 0.5) is 5.82 Å². The van der Waals surface area contributed by atoms with Gasteiger partial charge in [-0.15, -0.1) is 11.3 Å². The van der Waals surface area contributed by atoms with Gasteiger partial charge >= 0.3 is 5.97 Å². The van der Waals surface area contributed by atoms with Crippen LogP contribution in [0.3, 0.4) is 0 Å². The predicted molar refractivity (Wildman–Crippen MR) is 94.8 cm³/mol. The van der Waals surface area contributed by atoms with Crippen molar-refractivity contribution in [2.45, 2.75) is 52.1 Å². The molecule has 0 amide bonds. The highest BCUT2D eigenvalue weighted by atomic mass is 32.1. The Morgan fingerprint density at radius 1 is 1.33 bits per heavy atom. The van der Waals surface area contributed by atoms with E-state index in [1.807, 2.05) is 13.8 Å². The van der Waals surface area contributed by atoms with Crippen LogP contribution in [-0.2, 0) is 4.74 Å². The molecule has 0 aliphatic heterocycles. The summed E-state index contributed by atoms with van der Waals surface area (Å²) in [5.41, 5.74) is 0.161. The van der Waals surface area contributed by atoms with Crippen molar-refractivity contribution in [2.24, 2.45) is 0 Å². The highest BCUT2D eigenvalue weighted by Crippen LogP contribution is 2.35. The Labute approximate surface area is 145 Å². The minimum Gasteiger partial charge on any atom is -0.462 e. The van der Waals surface area contributed by atoms with E-state index in [1.165, 1.54) is 11.3 Å². The molecule has 24 heavy (non-hydrogen) atoms. The maximum atomic E-state index is 12.1. The van der Waals surface area contributed by atoms with Crippen molar-refractivity contribution >= 4 is 33.3 Å². The van der Waals surface area contributed by atoms with E-state index in [0.717, 1.165) is 41.5 Å². The number of esters is 1. The minimum absolute atomic E-state index is 0.323. The van der Waals surface area contributed by atoms with E-state index in [1.54, 1.807) is 6.92 Å². The second kappa shape index (κ2) is 6.64. The molecule has 2 heterocycles. The fourth-order valence-corrected chi connectivity index (χ4v) is 4.34. The summed E-state index contributed by atoms with van der Waals surface area (Å²) < 4.78 is 5.13. The molecule has 2 aromatic heterocycles. The molecule has 0 atom stereocenters. The molecule has 3 rings (SSSR count). The Morgan fingerprint density at radius 3 is 2.71 bits per heavy atom. The molecule has 2 N–H and O–H groups in total. The lowest BCUT2D eigenvalue weighted by Gasteiger charge is -2.23. The van der Waals surface area contributed by atoms with Crippen molar-refractivity contribution in [3.05, 3.63) is 16.3 Å². The zero-order valence-electron chi connectivity index (χ0n) is 14.3. The number of aryl methyl sites for hydroxylation is 2. The van der Waals surface area contributed by atoms with Crippen LogP contribution in [0.15, 0.2) is 0 Å². The number of fused-ring (bicyclic) bond motifs is 1. The minimum atomic E-state index is -0.668. The van der Waals surface area contributed by atoms with Gasteiger partial charge in [0.25, 0.3) is 0 Å². The van der Waals surface area contributed by atoms with E-state index in [-0.39, 0.29) is 5.97 Å². The second-order valence-corrected chi connectivity index (χ2v) is 7.36. The number of rotatable bonds is 5. The lowest BCUT2D eigenvalue weighted by atomic mass is 10.0. The van der Waals surface area contributed by atoms with Crippen molar-refractivity contribution in [1.29, 1.82) is 0 Å². The first-order valence-corrected chi connectivity index (χ1v) is 9.16. The van der Waals surface area contributed by atoms with E-state index >= 15 is 0 Å². The molecule has 0 aromatic carbocycles. The Bertz CT molecular complexity index is 766. The Hall–Kier alpha value is -1.73. The molecule has 1 aliphatic rings. The third kappa shape index (κ3) is 3.23. The highest BCUT2D eigenvalue weighted by Gasteiger charge is 2.31. The first-order valence-electron chi connectivity index (χ1n) is 8.34. The molecule has 0 unspecified atom stereocenters. The van der Waals surface area contributed by atoms with Gasteiger partial charge in [-0.1, -0.05) is 12.8 Å². The van der Waals surface area contributed by atoms with Crippen LogP contribution in [0.1, 0.15) is 53.7 Å². The third-order valence-electron chi connectivity index (χ3n) is 4.48. The van der Waals surface area contributed by atoms with E-state index in [0.29, 0.717) is 29.7 Å². The van der Waals surface area contributed by atoms with Gasteiger partial charge in [0.2, 0.25) is 0 Å². The summed E-state index contributed by atoms with van der Waals surface area (Å²) in [6.07, 6.45) is 3.73. The van der Waals surface area contributed by atoms with Crippen LogP contribution in [0.25, 0.3) is 10.2 Å². The van der Waals surface area contributed by atoms with Gasteiger partial charge in [0.05, 0.1) is 17.6 Å². The topological polar surface area (TPSA) is 84.3 Å². The Balaban J connectivity index is 1.96. The number of anilines is 1. The molecule has 1 saturated carbocycles. The number of nitrogens with one attached hydrogen (secondary N) is 1. The molecule has 0 spiro atoms. The normalized spacial score (nSPS) is 16.5. The number of hydrogen-bond donors (Lipinski definition) is 2. The molecular weight excluding hydrogens is 326 g/mol. The molecule has 6 nitrogen and oxygen atoms in total. The average molecular weight is 349 g/mol. The number of hydrogen-bond acceptors (Lipinski definition) is 7. The van der Waals surface area contributed by atoms with Crippen LogP contribution in [-0.4, -0.2) is 39.8 Å². The number of carbonyl (C=O) groups excluding carboxylic acids is 1. The molecule has 130 valence electrons. The lowest BCUT2D eigenvalue weighted by Crippen LogP contribution is -2.33. The summed E-state index contributed by atoms with van der Waals surface area (Å²) >= 11 is 1.33. The van der Waals surface area contributed by atoms with Crippen molar-refractivity contribution in [3.63, 3.8) is 0 Å². The molecule has 2 aromatic rings. The zero-order valence-corrected chi connectivity index (χ0v) is 15.1. The van der Waals surface area contributed by atoms with Gasteiger partial charge in [0.15, 0.2) is 0 Å². The molecule has 7 heteroatoms. The fourth-order valence-electron chi connectivity index (χ4n) is 3.22. The molecule has 0 bridgehead atoms. The highest BCUT2D eigenvalue weighted by molar-refractivity contribution is 7.20. The summed E-state index contributed by atoms with van der Waals surface area (Å²) in [7, 11) is 0. The second-order valence-electron chi connectivity index (χ2n) is 6.36.